The summed E-state index contributed by atoms with van der Waals surface area (Å²) in [6.07, 6.45) is 0. The molecule has 1 aromatic heterocycles. The van der Waals surface area contributed by atoms with Crippen molar-refractivity contribution in [3.63, 3.8) is 0 Å². The van der Waals surface area contributed by atoms with Crippen LogP contribution >= 0.6 is 0 Å². The fourth-order valence-electron chi connectivity index (χ4n) is 3.34. The number of non-ortho nitro benzene ring substituents is 1. The van der Waals surface area contributed by atoms with Crippen molar-refractivity contribution in [3.8, 4) is 0 Å². The predicted octanol–water partition coefficient (Wildman–Crippen LogP) is 3.51. The number of carbonyl (C=O) groups is 1. The van der Waals surface area contributed by atoms with Gasteiger partial charge in [-0.3, -0.25) is 19.7 Å². The molecule has 0 spiro atoms. The summed E-state index contributed by atoms with van der Waals surface area (Å²) in [6.45, 7) is 1.89. The minimum atomic E-state index is -0.575. The monoisotopic (exact) mass is 441 g/mol. The van der Waals surface area contributed by atoms with Crippen molar-refractivity contribution in [2.75, 3.05) is 0 Å². The van der Waals surface area contributed by atoms with Gasteiger partial charge in [-0.05, 0) is 36.2 Å². The first kappa shape index (κ1) is 21.6. The third-order valence-corrected chi connectivity index (χ3v) is 5.08. The van der Waals surface area contributed by atoms with Crippen LogP contribution in [0, 0.1) is 10.1 Å². The van der Waals surface area contributed by atoms with Crippen molar-refractivity contribution >= 4 is 28.1 Å². The molecule has 0 saturated heterocycles. The molecule has 0 aliphatic heterocycles. The van der Waals surface area contributed by atoms with E-state index in [-0.39, 0.29) is 23.5 Å². The Morgan fingerprint density at radius 2 is 1.64 bits per heavy atom. The van der Waals surface area contributed by atoms with Gasteiger partial charge < -0.3 is 0 Å². The number of fused-ring (bicyclic) bond motifs is 1. The number of carbonyl (C=O) groups excluding carboxylic acids is 1. The van der Waals surface area contributed by atoms with Crippen LogP contribution in [0.1, 0.15) is 28.5 Å². The number of aromatic nitrogens is 2. The molecular weight excluding hydrogens is 422 g/mol. The topological polar surface area (TPSA) is 119 Å². The lowest BCUT2D eigenvalue weighted by molar-refractivity contribution is -0.384. The second kappa shape index (κ2) is 9.23. The van der Waals surface area contributed by atoms with Crippen molar-refractivity contribution < 1.29 is 9.72 Å². The Kier molecular flexibility index (Phi) is 6.03. The normalized spacial score (nSPS) is 11.4. The van der Waals surface area contributed by atoms with E-state index < -0.39 is 10.8 Å². The van der Waals surface area contributed by atoms with Gasteiger partial charge in [0.25, 0.3) is 17.2 Å². The summed E-state index contributed by atoms with van der Waals surface area (Å²) in [5, 5.41) is 20.1. The van der Waals surface area contributed by atoms with Gasteiger partial charge in [0.05, 0.1) is 22.6 Å². The van der Waals surface area contributed by atoms with E-state index in [1.54, 1.807) is 43.3 Å². The zero-order chi connectivity index (χ0) is 23.4. The quantitative estimate of drug-likeness (QED) is 0.279. The van der Waals surface area contributed by atoms with Gasteiger partial charge in [0.1, 0.15) is 0 Å². The average molecular weight is 441 g/mol. The van der Waals surface area contributed by atoms with E-state index in [9.17, 15) is 19.7 Å². The van der Waals surface area contributed by atoms with Gasteiger partial charge in [0.2, 0.25) is 0 Å². The van der Waals surface area contributed by atoms with Crippen molar-refractivity contribution in [1.29, 1.82) is 0 Å². The number of nitrogens with one attached hydrogen (secondary N) is 1. The summed E-state index contributed by atoms with van der Waals surface area (Å²) in [6, 6.07) is 22.0. The highest BCUT2D eigenvalue weighted by atomic mass is 16.6. The number of amides is 1. The smallest absolute Gasteiger partial charge is 0.267 e. The molecule has 0 fully saturated rings. The third-order valence-electron chi connectivity index (χ3n) is 5.08. The molecule has 164 valence electrons. The van der Waals surface area contributed by atoms with Gasteiger partial charge in [-0.25, -0.2) is 10.1 Å². The Hall–Kier alpha value is -4.66. The van der Waals surface area contributed by atoms with Gasteiger partial charge in [0.15, 0.2) is 5.69 Å². The molecule has 9 nitrogen and oxygen atoms in total. The summed E-state index contributed by atoms with van der Waals surface area (Å²) in [5.41, 5.74) is 4.17. The highest BCUT2D eigenvalue weighted by molar-refractivity contribution is 6.06. The van der Waals surface area contributed by atoms with Crippen LogP contribution in [-0.2, 0) is 6.54 Å². The van der Waals surface area contributed by atoms with E-state index in [0.29, 0.717) is 22.0 Å². The lowest BCUT2D eigenvalue weighted by Crippen LogP contribution is -2.29. The summed E-state index contributed by atoms with van der Waals surface area (Å²) in [4.78, 5) is 36.2. The number of nitrogens with zero attached hydrogens (tertiary/aromatic N) is 4. The lowest BCUT2D eigenvalue weighted by atomic mass is 10.1. The number of hydrazone groups is 1. The molecule has 33 heavy (non-hydrogen) atoms. The highest BCUT2D eigenvalue weighted by Crippen LogP contribution is 2.15. The number of hydrogen-bond acceptors (Lipinski definition) is 6. The summed E-state index contributed by atoms with van der Waals surface area (Å²) in [5.74, 6) is -0.575. The Balaban J connectivity index is 1.66. The minimum Gasteiger partial charge on any atom is -0.267 e. The third kappa shape index (κ3) is 4.67. The Morgan fingerprint density at radius 1 is 1.00 bits per heavy atom. The van der Waals surface area contributed by atoms with Crippen molar-refractivity contribution in [1.82, 2.24) is 15.2 Å². The average Bonchev–Trinajstić information content (AvgIpc) is 2.84. The van der Waals surface area contributed by atoms with Gasteiger partial charge in [-0.2, -0.15) is 10.2 Å². The molecule has 4 aromatic rings. The second-order valence-corrected chi connectivity index (χ2v) is 7.28. The van der Waals surface area contributed by atoms with Crippen LogP contribution in [0.3, 0.4) is 0 Å². The van der Waals surface area contributed by atoms with Gasteiger partial charge in [-0.1, -0.05) is 48.5 Å². The Morgan fingerprint density at radius 3 is 2.30 bits per heavy atom. The molecule has 0 atom stereocenters. The van der Waals surface area contributed by atoms with Gasteiger partial charge in [-0.15, -0.1) is 0 Å². The number of nitro groups is 1. The predicted molar refractivity (Wildman–Crippen MR) is 124 cm³/mol. The van der Waals surface area contributed by atoms with Crippen LogP contribution in [0.25, 0.3) is 10.8 Å². The van der Waals surface area contributed by atoms with E-state index in [0.717, 1.165) is 5.56 Å². The number of rotatable bonds is 6. The van der Waals surface area contributed by atoms with Crippen LogP contribution in [0.15, 0.2) is 88.8 Å². The van der Waals surface area contributed by atoms with Crippen LogP contribution in [0.2, 0.25) is 0 Å². The zero-order valence-electron chi connectivity index (χ0n) is 17.6. The lowest BCUT2D eigenvalue weighted by Gasteiger charge is -2.10. The Labute approximate surface area is 188 Å². The zero-order valence-corrected chi connectivity index (χ0v) is 17.6. The Bertz CT molecular complexity index is 1430. The van der Waals surface area contributed by atoms with Crippen LogP contribution in [-0.4, -0.2) is 26.3 Å². The number of nitro benzene ring substituents is 1. The summed E-state index contributed by atoms with van der Waals surface area (Å²) >= 11 is 0. The van der Waals surface area contributed by atoms with Crippen LogP contribution in [0.4, 0.5) is 5.69 Å². The van der Waals surface area contributed by atoms with E-state index >= 15 is 0 Å². The highest BCUT2D eigenvalue weighted by Gasteiger charge is 2.17. The van der Waals surface area contributed by atoms with E-state index in [1.165, 1.54) is 16.8 Å². The molecule has 0 bridgehead atoms. The molecular formula is C24H19N5O4. The summed E-state index contributed by atoms with van der Waals surface area (Å²) in [7, 11) is 0. The number of hydrogen-bond donors (Lipinski definition) is 1. The SMILES string of the molecule is CC(=NNC(=O)c1nn(Cc2ccccc2)c(=O)c2ccccc12)c1ccc([N+](=O)[O-])cc1. The largest absolute Gasteiger partial charge is 0.292 e. The maximum atomic E-state index is 13.0. The minimum absolute atomic E-state index is 0.0353. The first-order chi connectivity index (χ1) is 15.9. The first-order valence-corrected chi connectivity index (χ1v) is 10.1. The van der Waals surface area contributed by atoms with Crippen LogP contribution in [0.5, 0.6) is 0 Å². The summed E-state index contributed by atoms with van der Waals surface area (Å²) < 4.78 is 1.26. The molecule has 0 saturated carbocycles. The molecule has 4 rings (SSSR count). The molecule has 1 amide bonds. The molecule has 9 heteroatoms. The van der Waals surface area contributed by atoms with Crippen molar-refractivity contribution in [2.24, 2.45) is 5.10 Å². The molecule has 1 N–H and O–H groups in total. The van der Waals surface area contributed by atoms with Crippen molar-refractivity contribution in [3.05, 3.63) is 116 Å². The molecule has 3 aromatic carbocycles. The number of benzene rings is 3. The second-order valence-electron chi connectivity index (χ2n) is 7.28. The van der Waals surface area contributed by atoms with E-state index in [1.807, 2.05) is 30.3 Å². The molecule has 0 radical (unpaired) electrons. The molecule has 0 aliphatic carbocycles. The maximum Gasteiger partial charge on any atom is 0.292 e. The van der Waals surface area contributed by atoms with Gasteiger partial charge in [0, 0.05) is 17.5 Å². The van der Waals surface area contributed by atoms with E-state index in [4.69, 9.17) is 0 Å². The fraction of sp³-hybridized carbons (Fsp3) is 0.0833. The molecule has 0 aliphatic rings. The molecule has 0 unspecified atom stereocenters. The first-order valence-electron chi connectivity index (χ1n) is 10.1. The van der Waals surface area contributed by atoms with Crippen LogP contribution < -0.4 is 11.0 Å². The molecule has 1 heterocycles. The fourth-order valence-corrected chi connectivity index (χ4v) is 3.34. The maximum absolute atomic E-state index is 13.0. The van der Waals surface area contributed by atoms with E-state index in [2.05, 4.69) is 15.6 Å². The standard InChI is InChI=1S/C24H19N5O4/c1-16(18-11-13-19(14-12-18)29(32)33)25-26-23(30)22-20-9-5-6-10-21(20)24(31)28(27-22)15-17-7-3-2-4-8-17/h2-14H,15H2,1H3,(H,26,30). The van der Waals surface area contributed by atoms with Crippen molar-refractivity contribution in [2.45, 2.75) is 13.5 Å². The van der Waals surface area contributed by atoms with Gasteiger partial charge >= 0.3 is 0 Å².